The van der Waals surface area contributed by atoms with Crippen LogP contribution in [-0.4, -0.2) is 80.9 Å². The SMILES string of the molecule is Cc1cc(N2CCC(CC(=O)O)CC2)c2c(C)cn(-c3c(C)cc(Br)cc3C)c2n1.Cc1cc(N2CCC(CC(=O)OC(C)OC(=O)OC3CCCCC3)CC2)c2c(C)cn(-c3c(C)cc(Br)cc3C)c2n1.Cl. The largest absolute Gasteiger partial charge is 0.511 e. The van der Waals surface area contributed by atoms with Gasteiger partial charge in [0.2, 0.25) is 6.29 Å². The lowest BCUT2D eigenvalue weighted by atomic mass is 9.93. The fourth-order valence-corrected chi connectivity index (χ4v) is 12.8. The van der Waals surface area contributed by atoms with E-state index in [0.717, 1.165) is 115 Å². The van der Waals surface area contributed by atoms with Crippen molar-refractivity contribution in [2.24, 2.45) is 11.8 Å². The number of nitrogens with zero attached hydrogens (tertiary/aromatic N) is 6. The van der Waals surface area contributed by atoms with Crippen molar-refractivity contribution < 1.29 is 33.7 Å². The van der Waals surface area contributed by atoms with E-state index >= 15 is 0 Å². The van der Waals surface area contributed by atoms with E-state index in [1.807, 2.05) is 13.8 Å². The van der Waals surface area contributed by atoms with Gasteiger partial charge < -0.3 is 38.3 Å². The summed E-state index contributed by atoms with van der Waals surface area (Å²) < 4.78 is 22.6. The highest BCUT2D eigenvalue weighted by molar-refractivity contribution is 9.10. The summed E-state index contributed by atoms with van der Waals surface area (Å²) in [7, 11) is 0. The first-order valence-corrected chi connectivity index (χ1v) is 27.2. The number of aromatic nitrogens is 4. The molecule has 6 aromatic rings. The molecule has 1 aliphatic carbocycles. The van der Waals surface area contributed by atoms with E-state index in [0.29, 0.717) is 6.42 Å². The number of carbonyl (C=O) groups excluding carboxylic acids is 2. The number of aryl methyl sites for hydroxylation is 8. The van der Waals surface area contributed by atoms with Crippen molar-refractivity contribution >= 4 is 95.8 Å². The van der Waals surface area contributed by atoms with Gasteiger partial charge in [-0.05, 0) is 188 Å². The van der Waals surface area contributed by atoms with Crippen molar-refractivity contribution in [3.63, 3.8) is 0 Å². The number of ether oxygens (including phenoxy) is 3. The lowest BCUT2D eigenvalue weighted by Gasteiger charge is -2.34. The molecule has 4 aromatic heterocycles. The summed E-state index contributed by atoms with van der Waals surface area (Å²) in [6.07, 6.45) is 11.8. The highest BCUT2D eigenvalue weighted by Crippen LogP contribution is 2.39. The van der Waals surface area contributed by atoms with E-state index in [2.05, 4.69) is 141 Å². The fourth-order valence-electron chi connectivity index (χ4n) is 11.4. The molecule has 0 radical (unpaired) electrons. The van der Waals surface area contributed by atoms with Gasteiger partial charge in [0.15, 0.2) is 0 Å². The number of carboxylic acids is 1. The van der Waals surface area contributed by atoms with Gasteiger partial charge in [0.1, 0.15) is 17.4 Å². The van der Waals surface area contributed by atoms with E-state index in [9.17, 15) is 14.4 Å². The molecule has 0 amide bonds. The van der Waals surface area contributed by atoms with E-state index < -0.39 is 18.4 Å². The number of aliphatic carboxylic acids is 1. The Kier molecular flexibility index (Phi) is 18.3. The van der Waals surface area contributed by atoms with Crippen LogP contribution >= 0.6 is 44.3 Å². The maximum Gasteiger partial charge on any atom is 0.511 e. The van der Waals surface area contributed by atoms with E-state index in [-0.39, 0.29) is 42.7 Å². The monoisotopic (exact) mass is 1140 g/mol. The maximum atomic E-state index is 12.6. The summed E-state index contributed by atoms with van der Waals surface area (Å²) in [5.41, 5.74) is 15.9. The van der Waals surface area contributed by atoms with Gasteiger partial charge in [0, 0.05) is 101 Å². The molecule has 73 heavy (non-hydrogen) atoms. The Balaban J connectivity index is 0.000000222. The predicted molar refractivity (Wildman–Crippen MR) is 299 cm³/mol. The molecule has 2 aromatic carbocycles. The van der Waals surface area contributed by atoms with Gasteiger partial charge in [-0.2, -0.15) is 0 Å². The van der Waals surface area contributed by atoms with E-state index in [4.69, 9.17) is 29.3 Å². The van der Waals surface area contributed by atoms with Crippen LogP contribution in [0.4, 0.5) is 16.2 Å². The van der Waals surface area contributed by atoms with Gasteiger partial charge >= 0.3 is 18.1 Å². The van der Waals surface area contributed by atoms with Gasteiger partial charge in [-0.3, -0.25) is 9.59 Å². The maximum absolute atomic E-state index is 12.6. The average Bonchev–Trinajstić information content (AvgIpc) is 3.80. The zero-order valence-corrected chi connectivity index (χ0v) is 47.8. The average molecular weight is 1150 g/mol. The number of hydrogen-bond donors (Lipinski definition) is 1. The second-order valence-electron chi connectivity index (χ2n) is 20.6. The number of carboxylic acid groups (broad SMARTS) is 1. The molecule has 2 aliphatic heterocycles. The van der Waals surface area contributed by atoms with Crippen LogP contribution in [0, 0.1) is 67.2 Å². The van der Waals surface area contributed by atoms with Crippen LogP contribution in [0.3, 0.4) is 0 Å². The number of rotatable bonds is 11. The van der Waals surface area contributed by atoms with Crippen LogP contribution < -0.4 is 9.80 Å². The van der Waals surface area contributed by atoms with Crippen LogP contribution in [-0.2, 0) is 23.8 Å². The summed E-state index contributed by atoms with van der Waals surface area (Å²) in [5.74, 6) is -0.547. The van der Waals surface area contributed by atoms with Gasteiger partial charge in [-0.1, -0.05) is 38.3 Å². The predicted octanol–water partition coefficient (Wildman–Crippen LogP) is 14.1. The molecule has 1 atom stereocenters. The summed E-state index contributed by atoms with van der Waals surface area (Å²) >= 11 is 7.22. The van der Waals surface area contributed by atoms with Crippen LogP contribution in [0.25, 0.3) is 33.4 Å². The minimum atomic E-state index is -0.966. The van der Waals surface area contributed by atoms with Crippen LogP contribution in [0.1, 0.15) is 122 Å². The van der Waals surface area contributed by atoms with Gasteiger partial charge in [0.05, 0.1) is 11.4 Å². The number of pyridine rings is 2. The number of piperidine rings is 2. The molecule has 3 fully saturated rings. The number of fused-ring (bicyclic) bond motifs is 2. The molecule has 0 spiro atoms. The lowest BCUT2D eigenvalue weighted by molar-refractivity contribution is -0.170. The van der Waals surface area contributed by atoms with Crippen LogP contribution in [0.5, 0.6) is 0 Å². The van der Waals surface area contributed by atoms with Crippen molar-refractivity contribution in [3.05, 3.63) is 103 Å². The smallest absolute Gasteiger partial charge is 0.481 e. The number of hydrogen-bond acceptors (Lipinski definition) is 10. The highest BCUT2D eigenvalue weighted by Gasteiger charge is 2.29. The summed E-state index contributed by atoms with van der Waals surface area (Å²) in [5, 5.41) is 11.5. The van der Waals surface area contributed by atoms with Crippen LogP contribution in [0.2, 0.25) is 0 Å². The second-order valence-corrected chi connectivity index (χ2v) is 22.4. The van der Waals surface area contributed by atoms with Crippen LogP contribution in [0.15, 0.2) is 57.7 Å². The second kappa shape index (κ2) is 24.0. The quantitative estimate of drug-likeness (QED) is 0.0979. The minimum Gasteiger partial charge on any atom is -0.481 e. The molecule has 1 unspecified atom stereocenters. The Morgan fingerprint density at radius 2 is 1.01 bits per heavy atom. The van der Waals surface area contributed by atoms with E-state index in [1.54, 1.807) is 6.92 Å². The Labute approximate surface area is 453 Å². The van der Waals surface area contributed by atoms with Crippen molar-refractivity contribution in [1.82, 2.24) is 19.1 Å². The van der Waals surface area contributed by atoms with Crippen molar-refractivity contribution in [2.75, 3.05) is 36.0 Å². The molecule has 0 bridgehead atoms. The zero-order chi connectivity index (χ0) is 51.5. The fraction of sp³-hybridized carbons (Fsp3) is 0.491. The molecular formula is C57H71Br2ClN6O7. The number of carbonyl (C=O) groups is 3. The first-order chi connectivity index (χ1) is 34.3. The summed E-state index contributed by atoms with van der Waals surface area (Å²) in [6, 6.07) is 12.9. The standard InChI is InChI=1S/C33H42BrN3O5.C24H28BrN3O2.ClH/c1-20-15-26(34)16-21(2)31(20)37-19-22(3)30-28(17-23(4)35-32(30)37)36-13-11-25(12-14-36)18-29(38)40-24(5)41-33(39)42-27-9-7-6-8-10-27;1-14-9-19(25)10-15(2)23(14)28-13-16(3)22-20(11-17(4)26-24(22)28)27-7-5-18(6-8-27)12-21(29)30;/h15-17,19,24-25,27H,6-14,18H2,1-5H3;9-11,13,18H,5-8,12H2,1-4H3,(H,29,30);1H. The Morgan fingerprint density at radius 3 is 1.42 bits per heavy atom. The van der Waals surface area contributed by atoms with E-state index in [1.165, 1.54) is 67.6 Å². The van der Waals surface area contributed by atoms with Crippen molar-refractivity contribution in [1.29, 1.82) is 0 Å². The van der Waals surface area contributed by atoms with Crippen molar-refractivity contribution in [3.8, 4) is 11.4 Å². The molecule has 6 heterocycles. The third kappa shape index (κ3) is 13.0. The van der Waals surface area contributed by atoms with Gasteiger partial charge in [0.25, 0.3) is 0 Å². The molecular weight excluding hydrogens is 1080 g/mol. The number of anilines is 2. The Hall–Kier alpha value is -5.12. The molecule has 1 N–H and O–H groups in total. The molecule has 3 aliphatic rings. The van der Waals surface area contributed by atoms with Gasteiger partial charge in [-0.25, -0.2) is 14.8 Å². The molecule has 2 saturated heterocycles. The normalized spacial score (nSPS) is 16.2. The topological polar surface area (TPSA) is 141 Å². The Bertz CT molecular complexity index is 2940. The first kappa shape index (κ1) is 55.6. The number of benzene rings is 2. The lowest BCUT2D eigenvalue weighted by Crippen LogP contribution is -2.35. The minimum absolute atomic E-state index is 0. The number of esters is 1. The molecule has 9 rings (SSSR count). The molecule has 392 valence electrons. The number of halogens is 3. The zero-order valence-electron chi connectivity index (χ0n) is 43.8. The van der Waals surface area contributed by atoms with Crippen molar-refractivity contribution in [2.45, 2.75) is 145 Å². The van der Waals surface area contributed by atoms with Gasteiger partial charge in [-0.15, -0.1) is 12.4 Å². The third-order valence-electron chi connectivity index (χ3n) is 14.7. The Morgan fingerprint density at radius 1 is 0.603 bits per heavy atom. The molecule has 13 nitrogen and oxygen atoms in total. The highest BCUT2D eigenvalue weighted by atomic mass is 79.9. The summed E-state index contributed by atoms with van der Waals surface area (Å²) in [6.45, 7) is 22.0. The molecule has 16 heteroatoms. The summed E-state index contributed by atoms with van der Waals surface area (Å²) in [4.78, 5) is 50.5. The first-order valence-electron chi connectivity index (χ1n) is 25.6. The third-order valence-corrected chi connectivity index (χ3v) is 15.6. The molecule has 1 saturated carbocycles.